The number of benzene rings is 1. The zero-order valence-electron chi connectivity index (χ0n) is 20.4. The van der Waals surface area contributed by atoms with Gasteiger partial charge in [0.15, 0.2) is 6.61 Å². The zero-order chi connectivity index (χ0) is 25.0. The van der Waals surface area contributed by atoms with Crippen LogP contribution in [0, 0.1) is 19.8 Å². The molecule has 8 nitrogen and oxygen atoms in total. The maximum absolute atomic E-state index is 13.0. The summed E-state index contributed by atoms with van der Waals surface area (Å²) in [5.41, 5.74) is 2.77. The summed E-state index contributed by atoms with van der Waals surface area (Å²) in [6.45, 7) is 8.43. The van der Waals surface area contributed by atoms with E-state index in [1.54, 1.807) is 37.4 Å². The maximum atomic E-state index is 13.0. The second kappa shape index (κ2) is 10.8. The van der Waals surface area contributed by atoms with Crippen molar-refractivity contribution in [3.8, 4) is 0 Å². The largest absolute Gasteiger partial charge is 0.456 e. The highest BCUT2D eigenvalue weighted by Crippen LogP contribution is 2.27. The van der Waals surface area contributed by atoms with Gasteiger partial charge in [0, 0.05) is 37.2 Å². The Hall–Kier alpha value is -3.26. The summed E-state index contributed by atoms with van der Waals surface area (Å²) in [4.78, 5) is 52.7. The third kappa shape index (κ3) is 5.12. The molecule has 0 radical (unpaired) electrons. The van der Waals surface area contributed by atoms with Gasteiger partial charge < -0.3 is 14.0 Å². The van der Waals surface area contributed by atoms with Crippen molar-refractivity contribution in [2.75, 3.05) is 20.3 Å². The molecule has 1 atom stereocenters. The van der Waals surface area contributed by atoms with E-state index in [9.17, 15) is 19.2 Å². The van der Waals surface area contributed by atoms with Crippen LogP contribution in [0.4, 0.5) is 0 Å². The highest BCUT2D eigenvalue weighted by Gasteiger charge is 2.43. The van der Waals surface area contributed by atoms with Crippen molar-refractivity contribution in [3.63, 3.8) is 0 Å². The Balaban J connectivity index is 1.73. The first kappa shape index (κ1) is 25.4. The summed E-state index contributed by atoms with van der Waals surface area (Å²) >= 11 is 0. The fourth-order valence-corrected chi connectivity index (χ4v) is 4.35. The van der Waals surface area contributed by atoms with E-state index in [0.29, 0.717) is 12.2 Å². The number of fused-ring (bicyclic) bond motifs is 1. The predicted molar refractivity (Wildman–Crippen MR) is 126 cm³/mol. The molecular weight excluding hydrogens is 436 g/mol. The second-order valence-electron chi connectivity index (χ2n) is 8.98. The lowest BCUT2D eigenvalue weighted by Gasteiger charge is -2.25. The number of carbonyl (C=O) groups is 4. The van der Waals surface area contributed by atoms with E-state index in [2.05, 4.69) is 0 Å². The average Bonchev–Trinajstić information content (AvgIpc) is 3.23. The average molecular weight is 469 g/mol. The van der Waals surface area contributed by atoms with Crippen LogP contribution in [0.15, 0.2) is 30.3 Å². The summed E-state index contributed by atoms with van der Waals surface area (Å²) in [6, 6.07) is 7.18. The molecule has 0 saturated heterocycles. The summed E-state index contributed by atoms with van der Waals surface area (Å²) in [5, 5.41) is 0. The first-order valence-corrected chi connectivity index (χ1v) is 11.5. The van der Waals surface area contributed by atoms with Crippen LogP contribution >= 0.6 is 0 Å². The number of rotatable bonds is 11. The smallest absolute Gasteiger partial charge is 0.329 e. The molecule has 182 valence electrons. The summed E-state index contributed by atoms with van der Waals surface area (Å²) in [7, 11) is 1.65. The Morgan fingerprint density at radius 1 is 1.03 bits per heavy atom. The van der Waals surface area contributed by atoms with Gasteiger partial charge in [0.2, 0.25) is 5.78 Å². The molecule has 0 bridgehead atoms. The number of imide groups is 1. The number of ether oxygens (including phenoxy) is 2. The van der Waals surface area contributed by atoms with E-state index in [4.69, 9.17) is 9.47 Å². The molecule has 1 aliphatic heterocycles. The van der Waals surface area contributed by atoms with Gasteiger partial charge in [0.25, 0.3) is 11.8 Å². The van der Waals surface area contributed by atoms with Crippen LogP contribution in [0.2, 0.25) is 0 Å². The first-order valence-electron chi connectivity index (χ1n) is 11.5. The molecule has 0 N–H and O–H groups in total. The third-order valence-electron chi connectivity index (χ3n) is 6.05. The van der Waals surface area contributed by atoms with Crippen molar-refractivity contribution in [3.05, 3.63) is 58.4 Å². The Kier molecular flexibility index (Phi) is 8.04. The van der Waals surface area contributed by atoms with Crippen LogP contribution in [-0.2, 0) is 20.8 Å². The van der Waals surface area contributed by atoms with Gasteiger partial charge in [-0.1, -0.05) is 26.0 Å². The summed E-state index contributed by atoms with van der Waals surface area (Å²) in [6.07, 6.45) is 1.05. The molecule has 2 amide bonds. The Bertz CT molecular complexity index is 1070. The maximum Gasteiger partial charge on any atom is 0.329 e. The van der Waals surface area contributed by atoms with Gasteiger partial charge >= 0.3 is 5.97 Å². The van der Waals surface area contributed by atoms with Crippen LogP contribution < -0.4 is 0 Å². The van der Waals surface area contributed by atoms with Crippen LogP contribution in [0.1, 0.15) is 69.2 Å². The molecule has 1 unspecified atom stereocenters. The standard InChI is InChI=1S/C26H32N2O6/c1-16(2)13-22(28-24(30)19-9-6-7-10-20(19)25(28)31)26(32)34-15-23(29)21-14-17(3)27(18(21)4)11-8-12-33-5/h6-7,9-10,14,16,22H,8,11-13,15H2,1-5H3. The molecule has 0 saturated carbocycles. The number of hydrogen-bond donors (Lipinski definition) is 0. The van der Waals surface area contributed by atoms with E-state index < -0.39 is 30.4 Å². The molecule has 8 heteroatoms. The van der Waals surface area contributed by atoms with Crippen LogP contribution in [0.3, 0.4) is 0 Å². The van der Waals surface area contributed by atoms with Crippen molar-refractivity contribution in [2.45, 2.75) is 53.1 Å². The lowest BCUT2D eigenvalue weighted by molar-refractivity contribution is -0.147. The van der Waals surface area contributed by atoms with Gasteiger partial charge in [0.05, 0.1) is 11.1 Å². The monoisotopic (exact) mass is 468 g/mol. The van der Waals surface area contributed by atoms with Gasteiger partial charge in [-0.05, 0) is 50.8 Å². The number of aryl methyl sites for hydroxylation is 1. The summed E-state index contributed by atoms with van der Waals surface area (Å²) < 4.78 is 12.5. The van der Waals surface area contributed by atoms with E-state index >= 15 is 0 Å². The lowest BCUT2D eigenvalue weighted by atomic mass is 10.0. The van der Waals surface area contributed by atoms with Crippen LogP contribution in [-0.4, -0.2) is 59.4 Å². The number of hydrogen-bond acceptors (Lipinski definition) is 6. The Morgan fingerprint density at radius 3 is 2.21 bits per heavy atom. The molecule has 1 aromatic carbocycles. The lowest BCUT2D eigenvalue weighted by Crippen LogP contribution is -2.46. The molecule has 0 spiro atoms. The minimum Gasteiger partial charge on any atom is -0.456 e. The molecule has 1 aliphatic rings. The number of Topliss-reactive ketones (excluding diaryl/α,β-unsaturated/α-hetero) is 1. The Morgan fingerprint density at radius 2 is 1.65 bits per heavy atom. The van der Waals surface area contributed by atoms with Crippen molar-refractivity contribution in [1.29, 1.82) is 0 Å². The van der Waals surface area contributed by atoms with Crippen molar-refractivity contribution >= 4 is 23.6 Å². The number of aromatic nitrogens is 1. The summed E-state index contributed by atoms with van der Waals surface area (Å²) in [5.74, 6) is -2.11. The number of methoxy groups -OCH3 is 1. The van der Waals surface area contributed by atoms with Crippen molar-refractivity contribution in [2.24, 2.45) is 5.92 Å². The molecular formula is C26H32N2O6. The van der Waals surface area contributed by atoms with Gasteiger partial charge in [-0.15, -0.1) is 0 Å². The van der Waals surface area contributed by atoms with E-state index in [1.165, 1.54) is 0 Å². The van der Waals surface area contributed by atoms with E-state index in [1.807, 2.05) is 32.3 Å². The fourth-order valence-electron chi connectivity index (χ4n) is 4.35. The van der Waals surface area contributed by atoms with Gasteiger partial charge in [0.1, 0.15) is 6.04 Å². The Labute approximate surface area is 199 Å². The number of ketones is 1. The number of amides is 2. The molecule has 34 heavy (non-hydrogen) atoms. The van der Waals surface area contributed by atoms with Gasteiger partial charge in [-0.2, -0.15) is 0 Å². The molecule has 1 aromatic heterocycles. The first-order chi connectivity index (χ1) is 16.2. The zero-order valence-corrected chi connectivity index (χ0v) is 20.4. The molecule has 3 rings (SSSR count). The SMILES string of the molecule is COCCCn1c(C)cc(C(=O)COC(=O)C(CC(C)C)N2C(=O)c3ccccc3C2=O)c1C. The normalized spacial score (nSPS) is 14.0. The van der Waals surface area contributed by atoms with Crippen molar-refractivity contribution < 1.29 is 28.7 Å². The molecule has 2 heterocycles. The van der Waals surface area contributed by atoms with Gasteiger partial charge in [-0.25, -0.2) is 4.79 Å². The molecule has 0 fully saturated rings. The predicted octanol–water partition coefficient (Wildman–Crippen LogP) is 3.58. The highest BCUT2D eigenvalue weighted by atomic mass is 16.5. The van der Waals surface area contributed by atoms with Gasteiger partial charge in [-0.3, -0.25) is 19.3 Å². The quantitative estimate of drug-likeness (QED) is 0.217. The number of nitrogens with zero attached hydrogens (tertiary/aromatic N) is 2. The number of carbonyl (C=O) groups excluding carboxylic acids is 4. The minimum atomic E-state index is -1.10. The van der Waals surface area contributed by atoms with E-state index in [-0.39, 0.29) is 29.2 Å². The van der Waals surface area contributed by atoms with Crippen LogP contribution in [0.5, 0.6) is 0 Å². The highest BCUT2D eigenvalue weighted by molar-refractivity contribution is 6.22. The number of esters is 1. The van der Waals surface area contributed by atoms with Crippen LogP contribution in [0.25, 0.3) is 0 Å². The third-order valence-corrected chi connectivity index (χ3v) is 6.05. The van der Waals surface area contributed by atoms with E-state index in [0.717, 1.165) is 29.3 Å². The topological polar surface area (TPSA) is 94.9 Å². The second-order valence-corrected chi connectivity index (χ2v) is 8.98. The molecule has 2 aromatic rings. The molecule has 0 aliphatic carbocycles. The fraction of sp³-hybridized carbons (Fsp3) is 0.462. The minimum absolute atomic E-state index is 0.0172. The van der Waals surface area contributed by atoms with Crippen molar-refractivity contribution in [1.82, 2.24) is 9.47 Å².